The molecule has 6 heteroatoms. The van der Waals surface area contributed by atoms with Gasteiger partial charge in [-0.05, 0) is 33.1 Å². The Morgan fingerprint density at radius 3 is 2.26 bits per heavy atom. The Kier molecular flexibility index (Phi) is 2.66. The number of hydrogen-bond donors (Lipinski definition) is 0. The van der Waals surface area contributed by atoms with E-state index in [0.29, 0.717) is 13.0 Å². The lowest BCUT2D eigenvalue weighted by Gasteiger charge is -2.48. The first-order valence-electron chi connectivity index (χ1n) is 6.63. The minimum Gasteiger partial charge on any atom is -0.434 e. The molecule has 1 aliphatic carbocycles. The van der Waals surface area contributed by atoms with Crippen LogP contribution in [0.4, 0.5) is 9.59 Å². The quantitative estimate of drug-likeness (QED) is 0.680. The number of hydrogen-bond acceptors (Lipinski definition) is 6. The predicted molar refractivity (Wildman–Crippen MR) is 62.5 cm³/mol. The fourth-order valence-corrected chi connectivity index (χ4v) is 3.41. The summed E-state index contributed by atoms with van der Waals surface area (Å²) in [5, 5.41) is 0. The highest BCUT2D eigenvalue weighted by atomic mass is 16.8. The van der Waals surface area contributed by atoms with Gasteiger partial charge in [0.05, 0.1) is 0 Å². The molecule has 0 spiro atoms. The zero-order valence-electron chi connectivity index (χ0n) is 11.1. The number of ether oxygens (including phenoxy) is 4. The first kappa shape index (κ1) is 12.6. The highest BCUT2D eigenvalue weighted by molar-refractivity contribution is 5.63. The molecule has 3 rings (SSSR count). The molecule has 3 aliphatic rings. The molecule has 4 unspecified atom stereocenters. The van der Waals surface area contributed by atoms with Crippen LogP contribution in [0.5, 0.6) is 0 Å². The topological polar surface area (TPSA) is 71.1 Å². The van der Waals surface area contributed by atoms with Crippen LogP contribution in [-0.2, 0) is 18.9 Å². The summed E-state index contributed by atoms with van der Waals surface area (Å²) in [6.45, 7) is 4.50. The van der Waals surface area contributed by atoms with Gasteiger partial charge in [-0.1, -0.05) is 0 Å². The van der Waals surface area contributed by atoms with E-state index in [2.05, 4.69) is 0 Å². The summed E-state index contributed by atoms with van der Waals surface area (Å²) in [4.78, 5) is 22.5. The number of rotatable bonds is 1. The highest BCUT2D eigenvalue weighted by Gasteiger charge is 2.54. The van der Waals surface area contributed by atoms with Gasteiger partial charge in [0.15, 0.2) is 0 Å². The molecule has 2 heterocycles. The molecule has 0 aromatic rings. The molecule has 4 atom stereocenters. The normalized spacial score (nSPS) is 45.6. The second-order valence-corrected chi connectivity index (χ2v) is 6.10. The van der Waals surface area contributed by atoms with Gasteiger partial charge in [0.2, 0.25) is 0 Å². The Balaban J connectivity index is 1.77. The highest BCUT2D eigenvalue weighted by Crippen LogP contribution is 2.47. The minimum atomic E-state index is -0.615. The number of fused-ring (bicyclic) bond motifs is 1. The number of cyclic esters (lactones) is 3. The van der Waals surface area contributed by atoms with E-state index in [1.54, 1.807) is 0 Å². The van der Waals surface area contributed by atoms with Crippen molar-refractivity contribution in [2.24, 2.45) is 11.8 Å². The molecule has 1 saturated carbocycles. The van der Waals surface area contributed by atoms with Crippen LogP contribution >= 0.6 is 0 Å². The van der Waals surface area contributed by atoms with Crippen molar-refractivity contribution in [1.82, 2.24) is 0 Å². The van der Waals surface area contributed by atoms with E-state index in [1.165, 1.54) is 0 Å². The molecule has 2 saturated heterocycles. The summed E-state index contributed by atoms with van der Waals surface area (Å²) in [6, 6.07) is 0. The third kappa shape index (κ3) is 2.03. The van der Waals surface area contributed by atoms with Crippen molar-refractivity contribution in [1.29, 1.82) is 0 Å². The Morgan fingerprint density at radius 2 is 1.58 bits per heavy atom. The first-order chi connectivity index (χ1) is 8.91. The van der Waals surface area contributed by atoms with E-state index < -0.39 is 23.5 Å². The van der Waals surface area contributed by atoms with Crippen molar-refractivity contribution in [3.8, 4) is 0 Å². The molecule has 3 fully saturated rings. The van der Waals surface area contributed by atoms with Crippen molar-refractivity contribution >= 4 is 12.3 Å². The summed E-state index contributed by atoms with van der Waals surface area (Å²) in [6.07, 6.45) is 1.25. The van der Waals surface area contributed by atoms with Gasteiger partial charge < -0.3 is 18.9 Å². The average molecular weight is 270 g/mol. The molecule has 0 bridgehead atoms. The Labute approximate surface area is 111 Å². The van der Waals surface area contributed by atoms with Crippen LogP contribution in [0.15, 0.2) is 0 Å². The second-order valence-electron chi connectivity index (χ2n) is 6.10. The van der Waals surface area contributed by atoms with Crippen molar-refractivity contribution in [3.63, 3.8) is 0 Å². The largest absolute Gasteiger partial charge is 0.509 e. The molecule has 0 N–H and O–H groups in total. The standard InChI is InChI=1S/C13H18O6/c1-12-5-8(13(2)7-17-11(15)19-13)3-4-9(12)6-16-10(14)18-12/h8-9H,3-7H2,1-2H3. The maximum atomic E-state index is 11.3. The van der Waals surface area contributed by atoms with Gasteiger partial charge in [-0.15, -0.1) is 0 Å². The first-order valence-corrected chi connectivity index (χ1v) is 6.63. The number of carbonyl (C=O) groups excluding carboxylic acids is 2. The Hall–Kier alpha value is -1.46. The summed E-state index contributed by atoms with van der Waals surface area (Å²) < 4.78 is 20.6. The summed E-state index contributed by atoms with van der Waals surface area (Å²) in [7, 11) is 0. The maximum Gasteiger partial charge on any atom is 0.509 e. The van der Waals surface area contributed by atoms with Crippen LogP contribution in [0, 0.1) is 11.8 Å². The van der Waals surface area contributed by atoms with Crippen molar-refractivity contribution in [2.75, 3.05) is 13.2 Å². The van der Waals surface area contributed by atoms with Crippen LogP contribution in [0.2, 0.25) is 0 Å². The van der Waals surface area contributed by atoms with Gasteiger partial charge in [0.1, 0.15) is 24.4 Å². The van der Waals surface area contributed by atoms with E-state index in [-0.39, 0.29) is 18.4 Å². The predicted octanol–water partition coefficient (Wildman–Crippen LogP) is 2.25. The van der Waals surface area contributed by atoms with Gasteiger partial charge in [0.25, 0.3) is 0 Å². The summed E-state index contributed by atoms with van der Waals surface area (Å²) in [5.74, 6) is 0.342. The van der Waals surface area contributed by atoms with Crippen molar-refractivity contribution in [2.45, 2.75) is 44.3 Å². The summed E-state index contributed by atoms with van der Waals surface area (Å²) >= 11 is 0. The van der Waals surface area contributed by atoms with Gasteiger partial charge >= 0.3 is 12.3 Å². The van der Waals surface area contributed by atoms with E-state index in [4.69, 9.17) is 18.9 Å². The smallest absolute Gasteiger partial charge is 0.434 e. The molecule has 0 aromatic heterocycles. The molecular weight excluding hydrogens is 252 g/mol. The average Bonchev–Trinajstić information content (AvgIpc) is 2.68. The zero-order chi connectivity index (χ0) is 13.7. The SMILES string of the molecule is CC1(C2CCC3COC(=O)OC3(C)C2)COC(=O)O1. The lowest BCUT2D eigenvalue weighted by molar-refractivity contribution is -0.157. The van der Waals surface area contributed by atoms with Gasteiger partial charge in [-0.3, -0.25) is 0 Å². The molecule has 106 valence electrons. The van der Waals surface area contributed by atoms with Crippen LogP contribution in [0.25, 0.3) is 0 Å². The van der Waals surface area contributed by atoms with E-state index in [0.717, 1.165) is 12.8 Å². The van der Waals surface area contributed by atoms with Crippen molar-refractivity contribution < 1.29 is 28.5 Å². The molecule has 0 radical (unpaired) electrons. The minimum absolute atomic E-state index is 0.131. The Bertz CT molecular complexity index is 421. The molecule has 0 amide bonds. The van der Waals surface area contributed by atoms with Gasteiger partial charge in [-0.25, -0.2) is 9.59 Å². The Morgan fingerprint density at radius 1 is 0.947 bits per heavy atom. The molecule has 2 aliphatic heterocycles. The van der Waals surface area contributed by atoms with E-state index in [1.807, 2.05) is 13.8 Å². The lowest BCUT2D eigenvalue weighted by atomic mass is 9.67. The summed E-state index contributed by atoms with van der Waals surface area (Å²) in [5.41, 5.74) is -1.15. The molecule has 6 nitrogen and oxygen atoms in total. The molecular formula is C13H18O6. The fraction of sp³-hybridized carbons (Fsp3) is 0.846. The molecule has 0 aromatic carbocycles. The number of carbonyl (C=O) groups is 2. The fourth-order valence-electron chi connectivity index (χ4n) is 3.41. The lowest BCUT2D eigenvalue weighted by Crippen LogP contribution is -2.54. The van der Waals surface area contributed by atoms with Gasteiger partial charge in [-0.2, -0.15) is 0 Å². The third-order valence-corrected chi connectivity index (χ3v) is 4.75. The van der Waals surface area contributed by atoms with Gasteiger partial charge in [0, 0.05) is 11.8 Å². The van der Waals surface area contributed by atoms with E-state index >= 15 is 0 Å². The molecule has 19 heavy (non-hydrogen) atoms. The van der Waals surface area contributed by atoms with Crippen LogP contribution in [-0.4, -0.2) is 36.7 Å². The monoisotopic (exact) mass is 270 g/mol. The van der Waals surface area contributed by atoms with Crippen LogP contribution < -0.4 is 0 Å². The second kappa shape index (κ2) is 4.02. The van der Waals surface area contributed by atoms with Crippen LogP contribution in [0.3, 0.4) is 0 Å². The zero-order valence-corrected chi connectivity index (χ0v) is 11.1. The third-order valence-electron chi connectivity index (χ3n) is 4.75. The maximum absolute atomic E-state index is 11.3. The van der Waals surface area contributed by atoms with Crippen molar-refractivity contribution in [3.05, 3.63) is 0 Å². The van der Waals surface area contributed by atoms with E-state index in [9.17, 15) is 9.59 Å². The van der Waals surface area contributed by atoms with Crippen LogP contribution in [0.1, 0.15) is 33.1 Å².